The van der Waals surface area contributed by atoms with Gasteiger partial charge in [0.2, 0.25) is 0 Å². The zero-order valence-electron chi connectivity index (χ0n) is 12.7. The van der Waals surface area contributed by atoms with Gasteiger partial charge in [-0.3, -0.25) is 14.5 Å². The summed E-state index contributed by atoms with van der Waals surface area (Å²) in [4.78, 5) is 35.1. The fourth-order valence-electron chi connectivity index (χ4n) is 1.86. The Kier molecular flexibility index (Phi) is 7.33. The number of carbonyl (C=O) groups is 3. The van der Waals surface area contributed by atoms with Crippen LogP contribution in [0.5, 0.6) is 0 Å². The second kappa shape index (κ2) is 7.95. The van der Waals surface area contributed by atoms with Crippen LogP contribution >= 0.6 is 0 Å². The lowest BCUT2D eigenvalue weighted by molar-refractivity contribution is -0.468. The molecule has 0 aliphatic heterocycles. The molecule has 1 atom stereocenters. The molecule has 0 aromatic heterocycles. The summed E-state index contributed by atoms with van der Waals surface area (Å²) in [5, 5.41) is 83.8. The lowest BCUT2D eigenvalue weighted by Crippen LogP contribution is -2.77. The van der Waals surface area contributed by atoms with E-state index in [1.165, 1.54) is 0 Å². The van der Waals surface area contributed by atoms with Crippen LogP contribution in [0.25, 0.3) is 0 Å². The third-order valence-corrected chi connectivity index (χ3v) is 3.15. The zero-order chi connectivity index (χ0) is 20.2. The maximum absolute atomic E-state index is 11.2. The van der Waals surface area contributed by atoms with Crippen LogP contribution in [-0.2, 0) is 19.3 Å². The number of rotatable bonds is 10. The van der Waals surface area contributed by atoms with E-state index >= 15 is 0 Å². The molecule has 146 valence electrons. The molecule has 0 aliphatic carbocycles. The molecule has 0 radical (unpaired) electrons. The van der Waals surface area contributed by atoms with Crippen molar-refractivity contribution in [3.63, 3.8) is 0 Å². The Morgan fingerprint density at radius 2 is 1.40 bits per heavy atom. The van der Waals surface area contributed by atoms with Crippen LogP contribution in [0.1, 0.15) is 13.3 Å². The number of aliphatic carboxylic acids is 2. The number of hydroxylamine groups is 2. The highest BCUT2D eigenvalue weighted by molar-refractivity contribution is 5.77. The Morgan fingerprint density at radius 3 is 1.72 bits per heavy atom. The van der Waals surface area contributed by atoms with Crippen LogP contribution in [0.15, 0.2) is 0 Å². The highest BCUT2D eigenvalue weighted by Gasteiger charge is 2.63. The molecule has 0 bridgehead atoms. The van der Waals surface area contributed by atoms with Gasteiger partial charge >= 0.3 is 23.8 Å². The van der Waals surface area contributed by atoms with Gasteiger partial charge in [-0.2, -0.15) is 10.2 Å². The lowest BCUT2D eigenvalue weighted by atomic mass is 10.0. The van der Waals surface area contributed by atoms with Crippen molar-refractivity contribution in [3.05, 3.63) is 0 Å². The standard InChI is InChI=1S/C10H18N2O13/c1-2-8(18,10(21,22)12(23)4-6(15)16)11(3-5(13)14)9(19,20)7(17)25-24/h18-24H,2-4H2,1H3,(H,13,14)(H,15,16). The van der Waals surface area contributed by atoms with Crippen molar-refractivity contribution in [1.29, 1.82) is 0 Å². The maximum atomic E-state index is 11.2. The van der Waals surface area contributed by atoms with Crippen LogP contribution < -0.4 is 0 Å². The highest BCUT2D eigenvalue weighted by atomic mass is 17.1. The van der Waals surface area contributed by atoms with E-state index < -0.39 is 64.9 Å². The molecule has 0 fully saturated rings. The average Bonchev–Trinajstić information content (AvgIpc) is 2.49. The van der Waals surface area contributed by atoms with Crippen LogP contribution in [0.2, 0.25) is 0 Å². The zero-order valence-corrected chi connectivity index (χ0v) is 12.7. The molecule has 0 aromatic rings. The molecule has 9 N–H and O–H groups in total. The Bertz CT molecular complexity index is 521. The molecule has 0 rings (SSSR count). The summed E-state index contributed by atoms with van der Waals surface area (Å²) < 4.78 is 0. The van der Waals surface area contributed by atoms with E-state index in [0.29, 0.717) is 0 Å². The van der Waals surface area contributed by atoms with Gasteiger partial charge in [-0.15, -0.1) is 5.06 Å². The van der Waals surface area contributed by atoms with E-state index in [4.69, 9.17) is 15.5 Å². The first-order chi connectivity index (χ1) is 11.2. The molecule has 0 aromatic carbocycles. The number of carbonyl (C=O) groups excluding carboxylic acids is 1. The summed E-state index contributed by atoms with van der Waals surface area (Å²) in [5.41, 5.74) is -3.58. The topological polar surface area (TPSA) is 249 Å². The fraction of sp³-hybridized carbons (Fsp3) is 0.700. The van der Waals surface area contributed by atoms with Gasteiger partial charge in [-0.05, 0) is 6.42 Å². The molecule has 0 amide bonds. The van der Waals surface area contributed by atoms with Gasteiger partial charge in [0, 0.05) is 0 Å². The smallest absolute Gasteiger partial charge is 0.417 e. The third kappa shape index (κ3) is 4.57. The molecule has 0 aliphatic rings. The van der Waals surface area contributed by atoms with Crippen molar-refractivity contribution >= 4 is 17.9 Å². The molecular weight excluding hydrogens is 356 g/mol. The van der Waals surface area contributed by atoms with Gasteiger partial charge < -0.3 is 41.0 Å². The highest BCUT2D eigenvalue weighted by Crippen LogP contribution is 2.34. The van der Waals surface area contributed by atoms with Crippen LogP contribution in [-0.4, -0.2) is 105 Å². The Hall–Kier alpha value is -1.95. The summed E-state index contributed by atoms with van der Waals surface area (Å²) in [7, 11) is 0. The second-order valence-electron chi connectivity index (χ2n) is 4.75. The van der Waals surface area contributed by atoms with Gasteiger partial charge in [-0.25, -0.2) is 4.79 Å². The van der Waals surface area contributed by atoms with Gasteiger partial charge in [0.15, 0.2) is 5.72 Å². The minimum atomic E-state index is -4.14. The predicted octanol–water partition coefficient (Wildman–Crippen LogP) is -4.46. The fourth-order valence-corrected chi connectivity index (χ4v) is 1.86. The van der Waals surface area contributed by atoms with E-state index in [1.807, 2.05) is 0 Å². The Balaban J connectivity index is 6.25. The van der Waals surface area contributed by atoms with Crippen molar-refractivity contribution in [2.75, 3.05) is 13.1 Å². The minimum absolute atomic E-state index is 0.564. The lowest BCUT2D eigenvalue weighted by Gasteiger charge is -2.49. The number of nitrogens with zero attached hydrogens (tertiary/aromatic N) is 2. The van der Waals surface area contributed by atoms with Crippen molar-refractivity contribution in [1.82, 2.24) is 9.96 Å². The van der Waals surface area contributed by atoms with E-state index in [9.17, 15) is 45.1 Å². The normalized spacial score (nSPS) is 15.1. The van der Waals surface area contributed by atoms with Crippen LogP contribution in [0.4, 0.5) is 0 Å². The number of hydrogen-bond acceptors (Lipinski definition) is 13. The van der Waals surface area contributed by atoms with Gasteiger partial charge in [0.05, 0.1) is 0 Å². The average molecular weight is 374 g/mol. The summed E-state index contributed by atoms with van der Waals surface area (Å²) in [5.74, 6) is -14.3. The van der Waals surface area contributed by atoms with Gasteiger partial charge in [-0.1, -0.05) is 6.92 Å². The molecule has 1 unspecified atom stereocenters. The first kappa shape index (κ1) is 23.1. The van der Waals surface area contributed by atoms with Crippen molar-refractivity contribution in [2.45, 2.75) is 30.9 Å². The molecule has 15 nitrogen and oxygen atoms in total. The van der Waals surface area contributed by atoms with Gasteiger partial charge in [0.1, 0.15) is 13.1 Å². The first-order valence-corrected chi connectivity index (χ1v) is 6.34. The molecular formula is C10H18N2O13. The summed E-state index contributed by atoms with van der Waals surface area (Å²) in [6.45, 7) is -2.27. The number of hydrogen-bond donors (Lipinski definition) is 9. The minimum Gasteiger partial charge on any atom is -0.480 e. The molecule has 0 saturated carbocycles. The van der Waals surface area contributed by atoms with Crippen molar-refractivity contribution in [2.24, 2.45) is 0 Å². The third-order valence-electron chi connectivity index (χ3n) is 3.15. The summed E-state index contributed by atoms with van der Waals surface area (Å²) in [6, 6.07) is 0. The monoisotopic (exact) mass is 374 g/mol. The van der Waals surface area contributed by atoms with Crippen molar-refractivity contribution < 1.29 is 65.5 Å². The first-order valence-electron chi connectivity index (χ1n) is 6.34. The molecule has 25 heavy (non-hydrogen) atoms. The van der Waals surface area contributed by atoms with Crippen molar-refractivity contribution in [3.8, 4) is 0 Å². The summed E-state index contributed by atoms with van der Waals surface area (Å²) >= 11 is 0. The van der Waals surface area contributed by atoms with Crippen LogP contribution in [0, 0.1) is 0 Å². The molecule has 0 spiro atoms. The number of carboxylic acids is 2. The second-order valence-corrected chi connectivity index (χ2v) is 4.75. The largest absolute Gasteiger partial charge is 0.480 e. The van der Waals surface area contributed by atoms with E-state index in [0.717, 1.165) is 6.92 Å². The van der Waals surface area contributed by atoms with E-state index in [1.54, 1.807) is 0 Å². The molecule has 0 heterocycles. The van der Waals surface area contributed by atoms with Crippen LogP contribution in [0.3, 0.4) is 0 Å². The van der Waals surface area contributed by atoms with E-state index in [2.05, 4.69) is 4.89 Å². The SMILES string of the molecule is CCC(O)(N(CC(=O)O)C(O)(O)C(=O)OO)C(O)(O)N(O)CC(=O)O. The molecule has 15 heteroatoms. The predicted molar refractivity (Wildman–Crippen MR) is 68.8 cm³/mol. The van der Waals surface area contributed by atoms with Gasteiger partial charge in [0.25, 0.3) is 5.91 Å². The summed E-state index contributed by atoms with van der Waals surface area (Å²) in [6.07, 6.45) is -1.01. The number of aliphatic hydroxyl groups is 5. The molecule has 0 saturated heterocycles. The quantitative estimate of drug-likeness (QED) is 0.0993. The Morgan fingerprint density at radius 1 is 0.960 bits per heavy atom. The Labute approximate surface area is 138 Å². The van der Waals surface area contributed by atoms with E-state index in [-0.39, 0.29) is 0 Å². The number of carboxylic acid groups (broad SMARTS) is 2. The maximum Gasteiger partial charge on any atom is 0.417 e.